The van der Waals surface area contributed by atoms with E-state index < -0.39 is 0 Å². The van der Waals surface area contributed by atoms with Crippen molar-refractivity contribution in [3.05, 3.63) is 23.8 Å². The Balaban J connectivity index is 1.93. The van der Waals surface area contributed by atoms with Gasteiger partial charge in [0, 0.05) is 24.5 Å². The molecule has 0 bridgehead atoms. The molecule has 98 valence electrons. The molecule has 1 aliphatic heterocycles. The molecule has 4 N–H and O–H groups in total. The lowest BCUT2D eigenvalue weighted by Gasteiger charge is -2.15. The van der Waals surface area contributed by atoms with Gasteiger partial charge in [-0.25, -0.2) is 0 Å². The quantitative estimate of drug-likeness (QED) is 0.685. The standard InChI is InChI=1S/C13H19N3O2/c1-9-11(14)3-2-4-12(9)15-13(18)8-16-6-5-10(17)7-16/h2-4,10,17H,5-8,14H2,1H3,(H,15,18). The van der Waals surface area contributed by atoms with Gasteiger partial charge in [-0.1, -0.05) is 6.07 Å². The van der Waals surface area contributed by atoms with E-state index in [0.29, 0.717) is 18.8 Å². The number of anilines is 2. The Morgan fingerprint density at radius 3 is 3.06 bits per heavy atom. The molecule has 5 heteroatoms. The maximum atomic E-state index is 11.9. The van der Waals surface area contributed by atoms with E-state index in [1.165, 1.54) is 0 Å². The first-order valence-corrected chi connectivity index (χ1v) is 6.11. The van der Waals surface area contributed by atoms with Crippen molar-refractivity contribution in [3.63, 3.8) is 0 Å². The number of likely N-dealkylation sites (tertiary alicyclic amines) is 1. The van der Waals surface area contributed by atoms with Crippen molar-refractivity contribution in [2.45, 2.75) is 19.4 Å². The third-order valence-corrected chi connectivity index (χ3v) is 3.26. The molecule has 1 heterocycles. The number of hydrogen-bond donors (Lipinski definition) is 3. The fourth-order valence-corrected chi connectivity index (χ4v) is 2.14. The minimum Gasteiger partial charge on any atom is -0.398 e. The molecule has 1 aromatic rings. The number of nitrogens with zero attached hydrogens (tertiary/aromatic N) is 1. The van der Waals surface area contributed by atoms with Crippen LogP contribution in [0, 0.1) is 6.92 Å². The van der Waals surface area contributed by atoms with Crippen LogP contribution in [0.15, 0.2) is 18.2 Å². The average molecular weight is 249 g/mol. The van der Waals surface area contributed by atoms with Crippen LogP contribution in [0.1, 0.15) is 12.0 Å². The second-order valence-electron chi connectivity index (χ2n) is 4.75. The van der Waals surface area contributed by atoms with Gasteiger partial charge in [-0.3, -0.25) is 9.69 Å². The summed E-state index contributed by atoms with van der Waals surface area (Å²) in [7, 11) is 0. The van der Waals surface area contributed by atoms with Crippen molar-refractivity contribution < 1.29 is 9.90 Å². The number of carbonyl (C=O) groups excluding carboxylic acids is 1. The highest BCUT2D eigenvalue weighted by atomic mass is 16.3. The number of rotatable bonds is 3. The van der Waals surface area contributed by atoms with Gasteiger partial charge in [0.2, 0.25) is 5.91 Å². The molecule has 2 rings (SSSR count). The highest BCUT2D eigenvalue weighted by Gasteiger charge is 2.22. The summed E-state index contributed by atoms with van der Waals surface area (Å²) in [5, 5.41) is 12.2. The van der Waals surface area contributed by atoms with Crippen LogP contribution in [0.5, 0.6) is 0 Å². The normalized spacial score (nSPS) is 20.0. The number of hydrogen-bond acceptors (Lipinski definition) is 4. The molecule has 0 saturated carbocycles. The van der Waals surface area contributed by atoms with Crippen molar-refractivity contribution in [2.75, 3.05) is 30.7 Å². The predicted octanol–water partition coefficient (Wildman–Crippen LogP) is 0.582. The molecule has 1 aromatic carbocycles. The zero-order valence-corrected chi connectivity index (χ0v) is 10.5. The van der Waals surface area contributed by atoms with E-state index in [2.05, 4.69) is 5.32 Å². The number of benzene rings is 1. The lowest BCUT2D eigenvalue weighted by molar-refractivity contribution is -0.117. The van der Waals surface area contributed by atoms with E-state index in [0.717, 1.165) is 24.2 Å². The Morgan fingerprint density at radius 1 is 1.61 bits per heavy atom. The number of aliphatic hydroxyl groups excluding tert-OH is 1. The number of nitrogen functional groups attached to an aromatic ring is 1. The summed E-state index contributed by atoms with van der Waals surface area (Å²) in [6, 6.07) is 5.46. The number of carbonyl (C=O) groups is 1. The number of nitrogens with one attached hydrogen (secondary N) is 1. The van der Waals surface area contributed by atoms with E-state index in [4.69, 9.17) is 5.73 Å². The second-order valence-corrected chi connectivity index (χ2v) is 4.75. The summed E-state index contributed by atoms with van der Waals surface area (Å²) in [5.41, 5.74) is 8.09. The van der Waals surface area contributed by atoms with Crippen LogP contribution in [0.25, 0.3) is 0 Å². The molecule has 0 radical (unpaired) electrons. The molecule has 1 unspecified atom stereocenters. The monoisotopic (exact) mass is 249 g/mol. The second kappa shape index (κ2) is 5.37. The Morgan fingerprint density at radius 2 is 2.39 bits per heavy atom. The van der Waals surface area contributed by atoms with Gasteiger partial charge < -0.3 is 16.2 Å². The summed E-state index contributed by atoms with van der Waals surface area (Å²) in [5.74, 6) is -0.0715. The highest BCUT2D eigenvalue weighted by molar-refractivity contribution is 5.93. The highest BCUT2D eigenvalue weighted by Crippen LogP contribution is 2.20. The number of β-amino-alcohol motifs (C(OH)–C–C–N with tert-alkyl or cyclic N) is 1. The molecule has 5 nitrogen and oxygen atoms in total. The van der Waals surface area contributed by atoms with Crippen LogP contribution < -0.4 is 11.1 Å². The molecule has 18 heavy (non-hydrogen) atoms. The largest absolute Gasteiger partial charge is 0.398 e. The van der Waals surface area contributed by atoms with Gasteiger partial charge in [0.05, 0.1) is 12.6 Å². The Bertz CT molecular complexity index is 448. The summed E-state index contributed by atoms with van der Waals surface area (Å²) in [4.78, 5) is 13.8. The van der Waals surface area contributed by atoms with Gasteiger partial charge in [-0.05, 0) is 31.0 Å². The Kier molecular flexibility index (Phi) is 3.84. The minimum absolute atomic E-state index is 0.0715. The van der Waals surface area contributed by atoms with Crippen molar-refractivity contribution >= 4 is 17.3 Å². The van der Waals surface area contributed by atoms with Crippen molar-refractivity contribution in [2.24, 2.45) is 0 Å². The lowest BCUT2D eigenvalue weighted by atomic mass is 10.1. The maximum absolute atomic E-state index is 11.9. The molecule has 1 aliphatic rings. The third-order valence-electron chi connectivity index (χ3n) is 3.26. The smallest absolute Gasteiger partial charge is 0.238 e. The summed E-state index contributed by atoms with van der Waals surface area (Å²) in [6.07, 6.45) is 0.442. The van der Waals surface area contributed by atoms with E-state index >= 15 is 0 Å². The molecular weight excluding hydrogens is 230 g/mol. The van der Waals surface area contributed by atoms with Crippen LogP contribution >= 0.6 is 0 Å². The van der Waals surface area contributed by atoms with Gasteiger partial charge >= 0.3 is 0 Å². The molecule has 1 fully saturated rings. The first-order chi connectivity index (χ1) is 8.56. The van der Waals surface area contributed by atoms with Crippen LogP contribution in [0.2, 0.25) is 0 Å². The van der Waals surface area contributed by atoms with Crippen molar-refractivity contribution in [3.8, 4) is 0 Å². The van der Waals surface area contributed by atoms with Crippen LogP contribution in [-0.2, 0) is 4.79 Å². The molecule has 0 spiro atoms. The van der Waals surface area contributed by atoms with Crippen LogP contribution in [0.4, 0.5) is 11.4 Å². The van der Waals surface area contributed by atoms with Gasteiger partial charge in [0.25, 0.3) is 0 Å². The zero-order chi connectivity index (χ0) is 13.1. The number of nitrogens with two attached hydrogens (primary N) is 1. The Labute approximate surface area is 107 Å². The van der Waals surface area contributed by atoms with E-state index in [-0.39, 0.29) is 12.0 Å². The zero-order valence-electron chi connectivity index (χ0n) is 10.5. The first-order valence-electron chi connectivity index (χ1n) is 6.11. The van der Waals surface area contributed by atoms with Crippen molar-refractivity contribution in [1.82, 2.24) is 4.90 Å². The topological polar surface area (TPSA) is 78.6 Å². The average Bonchev–Trinajstić information content (AvgIpc) is 2.70. The number of amides is 1. The van der Waals surface area contributed by atoms with Crippen LogP contribution in [0.3, 0.4) is 0 Å². The molecule has 1 atom stereocenters. The lowest BCUT2D eigenvalue weighted by Crippen LogP contribution is -2.32. The maximum Gasteiger partial charge on any atom is 0.238 e. The molecule has 1 amide bonds. The first kappa shape index (κ1) is 12.9. The summed E-state index contributed by atoms with van der Waals surface area (Å²) >= 11 is 0. The molecule has 1 saturated heterocycles. The van der Waals surface area contributed by atoms with Gasteiger partial charge in [0.1, 0.15) is 0 Å². The van der Waals surface area contributed by atoms with E-state index in [1.54, 1.807) is 0 Å². The molecular formula is C13H19N3O2. The summed E-state index contributed by atoms with van der Waals surface area (Å²) in [6.45, 7) is 3.53. The van der Waals surface area contributed by atoms with Gasteiger partial charge in [0.15, 0.2) is 0 Å². The predicted molar refractivity (Wildman–Crippen MR) is 71.3 cm³/mol. The number of aliphatic hydroxyl groups is 1. The molecule has 0 aromatic heterocycles. The van der Waals surface area contributed by atoms with Gasteiger partial charge in [-0.2, -0.15) is 0 Å². The fourth-order valence-electron chi connectivity index (χ4n) is 2.14. The van der Waals surface area contributed by atoms with Gasteiger partial charge in [-0.15, -0.1) is 0 Å². The van der Waals surface area contributed by atoms with E-state index in [1.807, 2.05) is 30.0 Å². The Hall–Kier alpha value is -1.59. The van der Waals surface area contributed by atoms with E-state index in [9.17, 15) is 9.90 Å². The minimum atomic E-state index is -0.299. The SMILES string of the molecule is Cc1c(N)cccc1NC(=O)CN1CCC(O)C1. The van der Waals surface area contributed by atoms with Crippen LogP contribution in [-0.4, -0.2) is 41.7 Å². The third kappa shape index (κ3) is 3.00. The van der Waals surface area contributed by atoms with Crippen molar-refractivity contribution in [1.29, 1.82) is 0 Å². The fraction of sp³-hybridized carbons (Fsp3) is 0.462. The summed E-state index contributed by atoms with van der Waals surface area (Å²) < 4.78 is 0. The molecule has 0 aliphatic carbocycles.